The summed E-state index contributed by atoms with van der Waals surface area (Å²) in [6.45, 7) is 0.613. The molecule has 31 heavy (non-hydrogen) atoms. The third-order valence-electron chi connectivity index (χ3n) is 4.97. The monoisotopic (exact) mass is 444 g/mol. The van der Waals surface area contributed by atoms with Crippen LogP contribution >= 0.6 is 12.2 Å². The number of amides is 2. The van der Waals surface area contributed by atoms with Crippen molar-refractivity contribution in [3.05, 3.63) is 48.3 Å². The Bertz CT molecular complexity index is 1000. The van der Waals surface area contributed by atoms with Crippen LogP contribution in [0.5, 0.6) is 0 Å². The molecule has 0 bridgehead atoms. The molecular formula is C20H21FN6O3S. The zero-order chi connectivity index (χ0) is 22.0. The van der Waals surface area contributed by atoms with E-state index >= 15 is 0 Å². The van der Waals surface area contributed by atoms with Gasteiger partial charge in [0.05, 0.1) is 30.7 Å². The molecule has 1 aromatic heterocycles. The highest BCUT2D eigenvalue weighted by Gasteiger charge is 2.33. The van der Waals surface area contributed by atoms with Crippen LogP contribution in [-0.2, 0) is 4.74 Å². The van der Waals surface area contributed by atoms with Gasteiger partial charge in [-0.1, -0.05) is 0 Å². The molecule has 0 radical (unpaired) electrons. The molecule has 1 aromatic carbocycles. The van der Waals surface area contributed by atoms with Crippen molar-refractivity contribution in [1.82, 2.24) is 20.6 Å². The molecule has 2 heterocycles. The summed E-state index contributed by atoms with van der Waals surface area (Å²) >= 11 is 5.20. The number of carbonyl (C=O) groups excluding carboxylic acids is 2. The number of thiocarbonyl (C=S) groups is 1. The molecule has 1 saturated carbocycles. The summed E-state index contributed by atoms with van der Waals surface area (Å²) in [6, 6.07) is 4.64. The minimum atomic E-state index is -0.651. The van der Waals surface area contributed by atoms with Gasteiger partial charge >= 0.3 is 6.09 Å². The van der Waals surface area contributed by atoms with Crippen LogP contribution in [0, 0.1) is 5.82 Å². The molecule has 4 rings (SSSR count). The largest absolute Gasteiger partial charge is 0.442 e. The van der Waals surface area contributed by atoms with Crippen molar-refractivity contribution >= 4 is 40.7 Å². The van der Waals surface area contributed by atoms with Gasteiger partial charge in [-0.05, 0) is 43.3 Å². The number of ether oxygens (including phenoxy) is 1. The van der Waals surface area contributed by atoms with E-state index in [1.165, 1.54) is 42.7 Å². The lowest BCUT2D eigenvalue weighted by molar-refractivity contribution is 0.0987. The molecule has 9 nitrogen and oxygen atoms in total. The van der Waals surface area contributed by atoms with Crippen LogP contribution in [0.2, 0.25) is 0 Å². The van der Waals surface area contributed by atoms with Crippen LogP contribution in [0.25, 0.3) is 0 Å². The second-order valence-corrected chi connectivity index (χ2v) is 7.74. The molecule has 2 N–H and O–H groups in total. The Morgan fingerprint density at radius 2 is 2.19 bits per heavy atom. The lowest BCUT2D eigenvalue weighted by Crippen LogP contribution is -2.41. The van der Waals surface area contributed by atoms with E-state index in [2.05, 4.69) is 20.6 Å². The number of halogens is 1. The number of carbonyl (C=O) groups is 2. The van der Waals surface area contributed by atoms with Crippen molar-refractivity contribution in [2.24, 2.45) is 0 Å². The molecule has 1 aliphatic heterocycles. The number of nitrogens with one attached hydrogen (secondary N) is 2. The van der Waals surface area contributed by atoms with Crippen molar-refractivity contribution in [1.29, 1.82) is 0 Å². The van der Waals surface area contributed by atoms with Crippen LogP contribution in [0.1, 0.15) is 23.3 Å². The zero-order valence-electron chi connectivity index (χ0n) is 16.7. The SMILES string of the molecule is CN(C(=O)c1cnccn1)c1ccc(N2C[C@H](CNC(=S)NC3CC3)OC2=O)cc1F. The first-order valence-electron chi connectivity index (χ1n) is 9.78. The molecule has 2 fully saturated rings. The summed E-state index contributed by atoms with van der Waals surface area (Å²) in [5.41, 5.74) is 0.496. The number of aromatic nitrogens is 2. The standard InChI is InChI=1S/C20H21FN6O3S/c1-26(18(28)16-10-22-6-7-23-16)17-5-4-13(8-15(17)21)27-11-14(30-20(27)29)9-24-19(31)25-12-2-3-12/h4-8,10,12,14H,2-3,9,11H2,1H3,(H2,24,25,31)/t14-/m0/s1. The first-order chi connectivity index (χ1) is 14.9. The van der Waals surface area contributed by atoms with Gasteiger partial charge in [-0.2, -0.15) is 0 Å². The molecule has 1 atom stereocenters. The van der Waals surface area contributed by atoms with E-state index in [1.54, 1.807) is 6.07 Å². The number of anilines is 2. The van der Waals surface area contributed by atoms with Gasteiger partial charge in [0.2, 0.25) is 0 Å². The van der Waals surface area contributed by atoms with Gasteiger partial charge in [0, 0.05) is 25.5 Å². The van der Waals surface area contributed by atoms with Crippen LogP contribution in [0.3, 0.4) is 0 Å². The zero-order valence-corrected chi connectivity index (χ0v) is 17.6. The Balaban J connectivity index is 1.39. The molecule has 2 amide bonds. The first-order valence-corrected chi connectivity index (χ1v) is 10.2. The average molecular weight is 444 g/mol. The number of cyclic esters (lactones) is 1. The molecule has 0 unspecified atom stereocenters. The van der Waals surface area contributed by atoms with E-state index in [4.69, 9.17) is 17.0 Å². The van der Waals surface area contributed by atoms with Gasteiger partial charge in [-0.25, -0.2) is 14.2 Å². The summed E-state index contributed by atoms with van der Waals surface area (Å²) in [7, 11) is 1.44. The van der Waals surface area contributed by atoms with Crippen molar-refractivity contribution in [3.63, 3.8) is 0 Å². The van der Waals surface area contributed by atoms with E-state index in [0.29, 0.717) is 23.4 Å². The Labute approximate surface area is 183 Å². The average Bonchev–Trinajstić information content (AvgIpc) is 3.50. The predicted molar refractivity (Wildman–Crippen MR) is 116 cm³/mol. The van der Waals surface area contributed by atoms with Gasteiger partial charge in [-0.15, -0.1) is 0 Å². The molecule has 1 saturated heterocycles. The Morgan fingerprint density at radius 3 is 2.87 bits per heavy atom. The van der Waals surface area contributed by atoms with Gasteiger partial charge in [0.1, 0.15) is 17.6 Å². The predicted octanol–water partition coefficient (Wildman–Crippen LogP) is 1.84. The highest BCUT2D eigenvalue weighted by molar-refractivity contribution is 7.80. The highest BCUT2D eigenvalue weighted by atomic mass is 32.1. The summed E-state index contributed by atoms with van der Waals surface area (Å²) in [6.07, 6.45) is 5.37. The van der Waals surface area contributed by atoms with E-state index in [9.17, 15) is 14.0 Å². The third-order valence-corrected chi connectivity index (χ3v) is 5.23. The number of nitrogens with zero attached hydrogens (tertiary/aromatic N) is 4. The number of benzene rings is 1. The summed E-state index contributed by atoms with van der Waals surface area (Å²) in [4.78, 5) is 35.0. The fourth-order valence-electron chi connectivity index (χ4n) is 3.14. The maximum Gasteiger partial charge on any atom is 0.414 e. The lowest BCUT2D eigenvalue weighted by Gasteiger charge is -2.19. The molecule has 2 aromatic rings. The van der Waals surface area contributed by atoms with Gasteiger partial charge in [0.15, 0.2) is 5.11 Å². The van der Waals surface area contributed by atoms with Crippen LogP contribution in [0.4, 0.5) is 20.6 Å². The van der Waals surface area contributed by atoms with Crippen molar-refractivity contribution in [3.8, 4) is 0 Å². The Kier molecular flexibility index (Phi) is 5.94. The summed E-state index contributed by atoms with van der Waals surface area (Å²) < 4.78 is 20.1. The summed E-state index contributed by atoms with van der Waals surface area (Å²) in [5, 5.41) is 6.72. The molecule has 162 valence electrons. The second kappa shape index (κ2) is 8.80. The van der Waals surface area contributed by atoms with E-state index < -0.39 is 23.9 Å². The minimum absolute atomic E-state index is 0.0571. The molecule has 11 heteroatoms. The Morgan fingerprint density at radius 1 is 1.39 bits per heavy atom. The van der Waals surface area contributed by atoms with Gasteiger partial charge in [-0.3, -0.25) is 14.7 Å². The molecule has 1 aliphatic carbocycles. The minimum Gasteiger partial charge on any atom is -0.442 e. The van der Waals surface area contributed by atoms with Gasteiger partial charge < -0.3 is 20.3 Å². The van der Waals surface area contributed by atoms with Crippen LogP contribution in [-0.4, -0.2) is 59.4 Å². The fraction of sp³-hybridized carbons (Fsp3) is 0.350. The maximum atomic E-state index is 14.8. The van der Waals surface area contributed by atoms with Gasteiger partial charge in [0.25, 0.3) is 5.91 Å². The fourth-order valence-corrected chi connectivity index (χ4v) is 3.39. The molecular weight excluding hydrogens is 423 g/mol. The third kappa shape index (κ3) is 4.88. The highest BCUT2D eigenvalue weighted by Crippen LogP contribution is 2.28. The quantitative estimate of drug-likeness (QED) is 0.652. The summed E-state index contributed by atoms with van der Waals surface area (Å²) in [5.74, 6) is -1.15. The Hall–Kier alpha value is -3.34. The van der Waals surface area contributed by atoms with Crippen molar-refractivity contribution < 1.29 is 18.7 Å². The number of hydrogen-bond acceptors (Lipinski definition) is 6. The number of rotatable bonds is 6. The van der Waals surface area contributed by atoms with Crippen molar-refractivity contribution in [2.45, 2.75) is 25.0 Å². The maximum absolute atomic E-state index is 14.8. The lowest BCUT2D eigenvalue weighted by atomic mass is 10.2. The van der Waals surface area contributed by atoms with E-state index in [0.717, 1.165) is 17.7 Å². The smallest absolute Gasteiger partial charge is 0.414 e. The second-order valence-electron chi connectivity index (χ2n) is 7.34. The van der Waals surface area contributed by atoms with E-state index in [-0.39, 0.29) is 17.9 Å². The van der Waals surface area contributed by atoms with Crippen LogP contribution in [0.15, 0.2) is 36.8 Å². The topological polar surface area (TPSA) is 99.7 Å². The molecule has 0 spiro atoms. The van der Waals surface area contributed by atoms with E-state index in [1.807, 2.05) is 0 Å². The normalized spacial score (nSPS) is 17.8. The first kappa shape index (κ1) is 20.9. The van der Waals surface area contributed by atoms with Crippen LogP contribution < -0.4 is 20.4 Å². The number of hydrogen-bond donors (Lipinski definition) is 2. The molecule has 2 aliphatic rings. The van der Waals surface area contributed by atoms with Crippen molar-refractivity contribution in [2.75, 3.05) is 29.9 Å².